The molecule has 3 nitrogen and oxygen atoms in total. The Labute approximate surface area is 186 Å². The fourth-order valence-corrected chi connectivity index (χ4v) is 7.31. The summed E-state index contributed by atoms with van der Waals surface area (Å²) in [6.45, 7) is 0.805. The van der Waals surface area contributed by atoms with Gasteiger partial charge in [-0.25, -0.2) is 4.98 Å². The molecule has 7 heteroatoms. The van der Waals surface area contributed by atoms with Crippen LogP contribution in [0.5, 0.6) is 0 Å². The van der Waals surface area contributed by atoms with Crippen LogP contribution >= 0.6 is 56.9 Å². The summed E-state index contributed by atoms with van der Waals surface area (Å²) in [7, 11) is 0. The third-order valence-electron chi connectivity index (χ3n) is 5.27. The van der Waals surface area contributed by atoms with E-state index in [0.717, 1.165) is 24.2 Å². The van der Waals surface area contributed by atoms with Gasteiger partial charge in [-0.1, -0.05) is 43.4 Å². The van der Waals surface area contributed by atoms with Crippen molar-refractivity contribution in [2.24, 2.45) is 5.73 Å². The zero-order valence-electron chi connectivity index (χ0n) is 15.0. The van der Waals surface area contributed by atoms with Gasteiger partial charge in [0.1, 0.15) is 5.15 Å². The maximum Gasteiger partial charge on any atom is 0.131 e. The number of thiophene rings is 2. The van der Waals surface area contributed by atoms with Gasteiger partial charge in [0.05, 0.1) is 19.5 Å². The van der Waals surface area contributed by atoms with Crippen LogP contribution in [0.4, 0.5) is 5.69 Å². The van der Waals surface area contributed by atoms with Crippen LogP contribution in [-0.2, 0) is 6.54 Å². The van der Waals surface area contributed by atoms with Crippen LogP contribution in [0.25, 0.3) is 10.2 Å². The van der Waals surface area contributed by atoms with Crippen molar-refractivity contribution in [1.82, 2.24) is 4.98 Å². The van der Waals surface area contributed by atoms with Gasteiger partial charge in [0.15, 0.2) is 0 Å². The number of fused-ring (bicyclic) bond motifs is 1. The number of aromatic nitrogens is 1. The molecule has 1 fully saturated rings. The molecule has 0 bridgehead atoms. The number of anilines is 1. The molecule has 3 aromatic rings. The second-order valence-electron chi connectivity index (χ2n) is 7.15. The van der Waals surface area contributed by atoms with Gasteiger partial charge < -0.3 is 11.1 Å². The van der Waals surface area contributed by atoms with Crippen LogP contribution in [-0.4, -0.2) is 11.0 Å². The first-order valence-corrected chi connectivity index (χ1v) is 12.6. The molecular weight excluding hydrogens is 509 g/mol. The molecular formula is C20H23ClIN3S2. The third-order valence-corrected chi connectivity index (χ3v) is 9.14. The Morgan fingerprint density at radius 2 is 2.07 bits per heavy atom. The zero-order chi connectivity index (χ0) is 18.8. The van der Waals surface area contributed by atoms with E-state index in [9.17, 15) is 0 Å². The largest absolute Gasteiger partial charge is 0.379 e. The Balaban J connectivity index is 1.70. The third kappa shape index (κ3) is 4.45. The molecule has 3 N–H and O–H groups in total. The molecule has 0 aromatic carbocycles. The molecule has 0 spiro atoms. The number of hydrogen-bond donors (Lipinski definition) is 2. The highest BCUT2D eigenvalue weighted by Crippen LogP contribution is 2.44. The predicted octanol–water partition coefficient (Wildman–Crippen LogP) is 6.99. The van der Waals surface area contributed by atoms with Crippen molar-refractivity contribution in [3.8, 4) is 0 Å². The summed E-state index contributed by atoms with van der Waals surface area (Å²) in [4.78, 5) is 7.36. The molecule has 2 atom stereocenters. The summed E-state index contributed by atoms with van der Waals surface area (Å²) < 4.78 is 2.43. The Kier molecular flexibility index (Phi) is 6.59. The SMILES string of the molecule is N[C@@H]1CCCCCC[C@H]1c1sc2c(NCc3cccs3)cc(Cl)nc2c1I. The van der Waals surface area contributed by atoms with E-state index in [1.165, 1.54) is 50.1 Å². The minimum Gasteiger partial charge on any atom is -0.379 e. The van der Waals surface area contributed by atoms with Crippen LogP contribution in [0.15, 0.2) is 23.6 Å². The van der Waals surface area contributed by atoms with Crippen molar-refractivity contribution in [2.45, 2.75) is 57.0 Å². The minimum atomic E-state index is 0.241. The van der Waals surface area contributed by atoms with E-state index < -0.39 is 0 Å². The number of nitrogens with zero attached hydrogens (tertiary/aromatic N) is 1. The van der Waals surface area contributed by atoms with Gasteiger partial charge in [-0.15, -0.1) is 22.7 Å². The molecule has 4 rings (SSSR count). The summed E-state index contributed by atoms with van der Waals surface area (Å²) >= 11 is 12.4. The minimum absolute atomic E-state index is 0.241. The fourth-order valence-electron chi connectivity index (χ4n) is 3.83. The first-order valence-electron chi connectivity index (χ1n) is 9.43. The quantitative estimate of drug-likeness (QED) is 0.282. The number of nitrogens with two attached hydrogens (primary N) is 1. The predicted molar refractivity (Wildman–Crippen MR) is 127 cm³/mol. The van der Waals surface area contributed by atoms with Crippen LogP contribution in [0, 0.1) is 3.57 Å². The normalized spacial score (nSPS) is 21.1. The molecule has 3 aromatic heterocycles. The average molecular weight is 532 g/mol. The lowest BCUT2D eigenvalue weighted by Gasteiger charge is -2.25. The maximum absolute atomic E-state index is 6.60. The summed E-state index contributed by atoms with van der Waals surface area (Å²) in [6.07, 6.45) is 7.44. The Morgan fingerprint density at radius 1 is 1.26 bits per heavy atom. The van der Waals surface area contributed by atoms with E-state index in [1.807, 2.05) is 17.4 Å². The molecule has 0 amide bonds. The van der Waals surface area contributed by atoms with Gasteiger partial charge in [0.2, 0.25) is 0 Å². The van der Waals surface area contributed by atoms with E-state index in [-0.39, 0.29) is 6.04 Å². The topological polar surface area (TPSA) is 50.9 Å². The number of nitrogens with one attached hydrogen (secondary N) is 1. The fraction of sp³-hybridized carbons (Fsp3) is 0.450. The first-order chi connectivity index (χ1) is 13.1. The van der Waals surface area contributed by atoms with Crippen LogP contribution in [0.2, 0.25) is 5.15 Å². The second kappa shape index (κ2) is 8.95. The highest BCUT2D eigenvalue weighted by atomic mass is 127. The van der Waals surface area contributed by atoms with E-state index in [1.54, 1.807) is 11.3 Å². The highest BCUT2D eigenvalue weighted by Gasteiger charge is 2.27. The second-order valence-corrected chi connectivity index (χ2v) is 10.7. The van der Waals surface area contributed by atoms with Crippen molar-refractivity contribution in [3.63, 3.8) is 0 Å². The lowest BCUT2D eigenvalue weighted by Crippen LogP contribution is -2.29. The van der Waals surface area contributed by atoms with Crippen LogP contribution in [0.3, 0.4) is 0 Å². The monoisotopic (exact) mass is 531 g/mol. The van der Waals surface area contributed by atoms with Gasteiger partial charge in [-0.2, -0.15) is 0 Å². The molecule has 0 unspecified atom stereocenters. The Hall–Kier alpha value is -0.410. The van der Waals surface area contributed by atoms with Crippen LogP contribution < -0.4 is 11.1 Å². The Bertz CT molecular complexity index is 910. The van der Waals surface area contributed by atoms with E-state index in [2.05, 4.69) is 50.4 Å². The van der Waals surface area contributed by atoms with Gasteiger partial charge >= 0.3 is 0 Å². The highest BCUT2D eigenvalue weighted by molar-refractivity contribution is 14.1. The summed E-state index contributed by atoms with van der Waals surface area (Å²) in [5.74, 6) is 0.431. The number of pyridine rings is 1. The summed E-state index contributed by atoms with van der Waals surface area (Å²) in [6, 6.07) is 6.42. The van der Waals surface area contributed by atoms with Gasteiger partial charge in [0, 0.05) is 34.3 Å². The van der Waals surface area contributed by atoms with Gasteiger partial charge in [-0.3, -0.25) is 0 Å². The van der Waals surface area contributed by atoms with Crippen molar-refractivity contribution in [2.75, 3.05) is 5.32 Å². The number of halogens is 2. The molecule has 1 aliphatic carbocycles. The molecule has 144 valence electrons. The number of hydrogen-bond acceptors (Lipinski definition) is 5. The van der Waals surface area contributed by atoms with Crippen molar-refractivity contribution in [3.05, 3.63) is 42.1 Å². The van der Waals surface area contributed by atoms with Gasteiger partial charge in [0.25, 0.3) is 0 Å². The Morgan fingerprint density at radius 3 is 2.85 bits per heavy atom. The molecule has 0 saturated heterocycles. The smallest absolute Gasteiger partial charge is 0.131 e. The average Bonchev–Trinajstić information content (AvgIpc) is 3.26. The maximum atomic E-state index is 6.60. The number of rotatable bonds is 4. The van der Waals surface area contributed by atoms with E-state index in [0.29, 0.717) is 11.1 Å². The van der Waals surface area contributed by atoms with Crippen LogP contribution in [0.1, 0.15) is 54.2 Å². The van der Waals surface area contributed by atoms with Crippen molar-refractivity contribution in [1.29, 1.82) is 0 Å². The standard InChI is InChI=1S/C20H23ClIN3S2/c21-16-10-15(24-11-12-6-5-9-26-12)20-18(25-16)17(22)19(27-20)13-7-3-1-2-4-8-14(13)23/h5-6,9-10,13-14H,1-4,7-8,11,23H2,(H,24,25)/t13-,14-/m1/s1. The molecule has 0 aliphatic heterocycles. The lowest BCUT2D eigenvalue weighted by molar-refractivity contribution is 0.407. The molecule has 1 aliphatic rings. The summed E-state index contributed by atoms with van der Waals surface area (Å²) in [5.41, 5.74) is 8.70. The van der Waals surface area contributed by atoms with Crippen molar-refractivity contribution < 1.29 is 0 Å². The zero-order valence-corrected chi connectivity index (χ0v) is 19.6. The van der Waals surface area contributed by atoms with E-state index in [4.69, 9.17) is 17.3 Å². The lowest BCUT2D eigenvalue weighted by atomic mass is 9.86. The van der Waals surface area contributed by atoms with E-state index >= 15 is 0 Å². The molecule has 27 heavy (non-hydrogen) atoms. The molecule has 0 radical (unpaired) electrons. The van der Waals surface area contributed by atoms with Crippen molar-refractivity contribution >= 4 is 72.8 Å². The molecule has 3 heterocycles. The van der Waals surface area contributed by atoms with Gasteiger partial charge in [-0.05, 0) is 46.9 Å². The summed E-state index contributed by atoms with van der Waals surface area (Å²) in [5, 5.41) is 6.22. The first kappa shape index (κ1) is 19.9. The molecule has 1 saturated carbocycles.